The smallest absolute Gasteiger partial charge is 0.120 e. The molecule has 37 heavy (non-hydrogen) atoms. The van der Waals surface area contributed by atoms with Crippen molar-refractivity contribution >= 4 is 32.8 Å². The largest absolute Gasteiger partial charge is 0.497 e. The van der Waals surface area contributed by atoms with Gasteiger partial charge in [0.1, 0.15) is 23.9 Å². The lowest BCUT2D eigenvalue weighted by atomic mass is 10.1. The molecule has 0 N–H and O–H groups in total. The molecule has 0 radical (unpaired) electrons. The molecule has 1 saturated heterocycles. The minimum Gasteiger partial charge on any atom is -0.497 e. The number of anilines is 2. The Labute approximate surface area is 224 Å². The maximum atomic E-state index is 6.09. The van der Waals surface area contributed by atoms with E-state index in [0.717, 1.165) is 42.6 Å². The summed E-state index contributed by atoms with van der Waals surface area (Å²) in [6.45, 7) is 7.17. The maximum Gasteiger partial charge on any atom is 0.120 e. The van der Waals surface area contributed by atoms with E-state index in [0.29, 0.717) is 0 Å². The van der Waals surface area contributed by atoms with Crippen molar-refractivity contribution < 1.29 is 14.2 Å². The summed E-state index contributed by atoms with van der Waals surface area (Å²) in [5.41, 5.74) is 3.54. The van der Waals surface area contributed by atoms with Crippen LogP contribution in [0.5, 0.6) is 17.2 Å². The summed E-state index contributed by atoms with van der Waals surface area (Å²) in [5.74, 6) is 2.65. The summed E-state index contributed by atoms with van der Waals surface area (Å²) >= 11 is 1.79. The van der Waals surface area contributed by atoms with Gasteiger partial charge in [-0.1, -0.05) is 6.42 Å². The Morgan fingerprint density at radius 3 is 2.16 bits per heavy atom. The molecule has 0 saturated carbocycles. The van der Waals surface area contributed by atoms with Gasteiger partial charge in [0.15, 0.2) is 0 Å². The topological polar surface area (TPSA) is 34.2 Å². The third kappa shape index (κ3) is 5.71. The van der Waals surface area contributed by atoms with Gasteiger partial charge >= 0.3 is 0 Å². The zero-order chi connectivity index (χ0) is 25.6. The lowest BCUT2D eigenvalue weighted by Gasteiger charge is -2.26. The molecular weight excluding hydrogens is 480 g/mol. The average Bonchev–Trinajstić information content (AvgIpc) is 3.33. The summed E-state index contributed by atoms with van der Waals surface area (Å²) in [6, 6.07) is 23.2. The van der Waals surface area contributed by atoms with E-state index in [4.69, 9.17) is 14.2 Å². The van der Waals surface area contributed by atoms with Gasteiger partial charge in [-0.3, -0.25) is 4.90 Å². The fraction of sp³-hybridized carbons (Fsp3) is 0.355. The second-order valence-corrected chi connectivity index (χ2v) is 10.4. The van der Waals surface area contributed by atoms with Gasteiger partial charge in [0, 0.05) is 28.9 Å². The fourth-order valence-electron chi connectivity index (χ4n) is 5.06. The van der Waals surface area contributed by atoms with E-state index in [1.807, 2.05) is 18.2 Å². The molecule has 5 nitrogen and oxygen atoms in total. The Morgan fingerprint density at radius 2 is 1.49 bits per heavy atom. The Balaban J connectivity index is 1.43. The van der Waals surface area contributed by atoms with Crippen LogP contribution < -0.4 is 19.1 Å². The van der Waals surface area contributed by atoms with E-state index in [2.05, 4.69) is 65.3 Å². The molecule has 4 aromatic rings. The molecule has 5 rings (SSSR count). The average molecular weight is 517 g/mol. The van der Waals surface area contributed by atoms with Crippen LogP contribution in [-0.4, -0.2) is 51.9 Å². The summed E-state index contributed by atoms with van der Waals surface area (Å²) < 4.78 is 18.2. The summed E-state index contributed by atoms with van der Waals surface area (Å²) in [7, 11) is 3.42. The van der Waals surface area contributed by atoms with Crippen molar-refractivity contribution in [1.29, 1.82) is 0 Å². The number of nitrogens with zero attached hydrogens (tertiary/aromatic N) is 2. The molecular formula is C31H36N2O3S. The maximum absolute atomic E-state index is 6.09. The first kappa shape index (κ1) is 25.4. The highest BCUT2D eigenvalue weighted by molar-refractivity contribution is 7.23. The third-order valence-corrected chi connectivity index (χ3v) is 8.27. The Morgan fingerprint density at radius 1 is 0.811 bits per heavy atom. The number of benzene rings is 3. The molecule has 0 aliphatic carbocycles. The van der Waals surface area contributed by atoms with Crippen molar-refractivity contribution in [3.05, 3.63) is 66.7 Å². The first-order valence-corrected chi connectivity index (χ1v) is 14.0. The van der Waals surface area contributed by atoms with Crippen molar-refractivity contribution in [2.45, 2.75) is 26.2 Å². The molecule has 0 bridgehead atoms. The Kier molecular flexibility index (Phi) is 8.17. The van der Waals surface area contributed by atoms with Gasteiger partial charge < -0.3 is 19.1 Å². The molecule has 3 aromatic carbocycles. The van der Waals surface area contributed by atoms with Crippen LogP contribution >= 0.6 is 11.3 Å². The van der Waals surface area contributed by atoms with E-state index in [9.17, 15) is 0 Å². The Bertz CT molecular complexity index is 1290. The predicted molar refractivity (Wildman–Crippen MR) is 155 cm³/mol. The van der Waals surface area contributed by atoms with Crippen LogP contribution in [0.2, 0.25) is 0 Å². The summed E-state index contributed by atoms with van der Waals surface area (Å²) in [5, 5.41) is 1.22. The van der Waals surface area contributed by atoms with E-state index >= 15 is 0 Å². The second kappa shape index (κ2) is 11.9. The van der Waals surface area contributed by atoms with Gasteiger partial charge in [-0.05, 0) is 105 Å². The van der Waals surface area contributed by atoms with Gasteiger partial charge in [0.2, 0.25) is 0 Å². The molecule has 0 unspecified atom stereocenters. The van der Waals surface area contributed by atoms with Crippen LogP contribution in [0.15, 0.2) is 66.7 Å². The monoisotopic (exact) mass is 516 g/mol. The summed E-state index contributed by atoms with van der Waals surface area (Å²) in [4.78, 5) is 6.13. The SMILES string of the molecule is CCN(c1ccc(OCCN2CCCCC2)cc1)c1c(-c2ccc(OC)cc2)sc2cc(OC)ccc12. The quantitative estimate of drug-likeness (QED) is 0.217. The molecule has 1 aliphatic rings. The van der Waals surface area contributed by atoms with Crippen molar-refractivity contribution in [1.82, 2.24) is 4.90 Å². The van der Waals surface area contributed by atoms with E-state index in [-0.39, 0.29) is 0 Å². The van der Waals surface area contributed by atoms with Crippen LogP contribution in [0.25, 0.3) is 20.5 Å². The van der Waals surface area contributed by atoms with E-state index in [1.165, 1.54) is 58.6 Å². The molecule has 1 fully saturated rings. The number of fused-ring (bicyclic) bond motifs is 1. The van der Waals surface area contributed by atoms with Crippen LogP contribution in [0.4, 0.5) is 11.4 Å². The van der Waals surface area contributed by atoms with Gasteiger partial charge in [0.05, 0.1) is 24.8 Å². The van der Waals surface area contributed by atoms with Gasteiger partial charge in [-0.15, -0.1) is 11.3 Å². The summed E-state index contributed by atoms with van der Waals surface area (Å²) in [6.07, 6.45) is 3.98. The number of methoxy groups -OCH3 is 2. The van der Waals surface area contributed by atoms with Gasteiger partial charge in [-0.25, -0.2) is 0 Å². The lowest BCUT2D eigenvalue weighted by molar-refractivity contribution is 0.183. The normalized spacial score (nSPS) is 14.0. The Hall–Kier alpha value is -3.22. The van der Waals surface area contributed by atoms with Crippen LogP contribution in [0, 0.1) is 0 Å². The first-order chi connectivity index (χ1) is 18.2. The number of thiophene rings is 1. The zero-order valence-corrected chi connectivity index (χ0v) is 22.9. The molecule has 1 aromatic heterocycles. The number of likely N-dealkylation sites (tertiary alicyclic amines) is 1. The highest BCUT2D eigenvalue weighted by Gasteiger charge is 2.21. The van der Waals surface area contributed by atoms with Crippen LogP contribution in [-0.2, 0) is 0 Å². The van der Waals surface area contributed by atoms with Crippen molar-refractivity contribution in [2.24, 2.45) is 0 Å². The predicted octanol–water partition coefficient (Wildman–Crippen LogP) is 7.61. The minimum atomic E-state index is 0.732. The second-order valence-electron chi connectivity index (χ2n) is 9.36. The van der Waals surface area contributed by atoms with E-state index < -0.39 is 0 Å². The zero-order valence-electron chi connectivity index (χ0n) is 22.0. The number of hydrogen-bond acceptors (Lipinski definition) is 6. The fourth-order valence-corrected chi connectivity index (χ4v) is 6.30. The minimum absolute atomic E-state index is 0.732. The molecule has 0 amide bonds. The molecule has 0 spiro atoms. The van der Waals surface area contributed by atoms with Gasteiger partial charge in [0.25, 0.3) is 0 Å². The third-order valence-electron chi connectivity index (χ3n) is 7.08. The van der Waals surface area contributed by atoms with Gasteiger partial charge in [-0.2, -0.15) is 0 Å². The number of rotatable bonds is 10. The highest BCUT2D eigenvalue weighted by Crippen LogP contribution is 2.48. The first-order valence-electron chi connectivity index (χ1n) is 13.2. The standard InChI is InChI=1S/C31H36N2O3S/c1-4-33(24-10-14-26(15-11-24)36-21-20-32-18-6-5-7-19-32)30-28-17-16-27(35-3)22-29(28)37-31(30)23-8-12-25(34-2)13-9-23/h8-17,22H,4-7,18-21H2,1-3H3. The molecule has 0 atom stereocenters. The molecule has 6 heteroatoms. The van der Waals surface area contributed by atoms with Crippen LogP contribution in [0.1, 0.15) is 26.2 Å². The van der Waals surface area contributed by atoms with E-state index in [1.54, 1.807) is 25.6 Å². The van der Waals surface area contributed by atoms with Crippen molar-refractivity contribution in [3.8, 4) is 27.7 Å². The molecule has 1 aliphatic heterocycles. The van der Waals surface area contributed by atoms with Crippen LogP contribution in [0.3, 0.4) is 0 Å². The lowest BCUT2D eigenvalue weighted by Crippen LogP contribution is -2.33. The molecule has 2 heterocycles. The number of ether oxygens (including phenoxy) is 3. The number of piperidine rings is 1. The highest BCUT2D eigenvalue weighted by atomic mass is 32.1. The number of hydrogen-bond donors (Lipinski definition) is 0. The van der Waals surface area contributed by atoms with Crippen molar-refractivity contribution in [2.75, 3.05) is 51.9 Å². The molecule has 194 valence electrons. The van der Waals surface area contributed by atoms with Crippen molar-refractivity contribution in [3.63, 3.8) is 0 Å².